The van der Waals surface area contributed by atoms with Gasteiger partial charge in [0.05, 0.1) is 6.61 Å². The van der Waals surface area contributed by atoms with Crippen molar-refractivity contribution in [3.8, 4) is 16.9 Å². The van der Waals surface area contributed by atoms with Gasteiger partial charge in [-0.25, -0.2) is 4.39 Å². The minimum atomic E-state index is -4.46. The number of aliphatic hydroxyl groups is 1. The monoisotopic (exact) mass is 396 g/mol. The molecule has 0 heterocycles. The summed E-state index contributed by atoms with van der Waals surface area (Å²) < 4.78 is 56.8. The SMILES string of the molecule is CC1(C)CCC[C@H]1c1cc(CO)ccc1-c1cc(OCC(F)(F)F)ccc1F. The van der Waals surface area contributed by atoms with E-state index >= 15 is 0 Å². The molecule has 2 nitrogen and oxygen atoms in total. The molecule has 0 saturated heterocycles. The summed E-state index contributed by atoms with van der Waals surface area (Å²) in [4.78, 5) is 0. The van der Waals surface area contributed by atoms with E-state index in [-0.39, 0.29) is 29.3 Å². The zero-order chi connectivity index (χ0) is 20.5. The van der Waals surface area contributed by atoms with Crippen LogP contribution in [0.3, 0.4) is 0 Å². The molecule has 6 heteroatoms. The molecule has 0 bridgehead atoms. The molecular formula is C22H24F4O2. The summed E-state index contributed by atoms with van der Waals surface area (Å²) in [5, 5.41) is 9.54. The number of benzene rings is 2. The third-order valence-corrected chi connectivity index (χ3v) is 5.56. The summed E-state index contributed by atoms with van der Waals surface area (Å²) in [7, 11) is 0. The second-order valence-electron chi connectivity index (χ2n) is 8.06. The predicted molar refractivity (Wildman–Crippen MR) is 99.7 cm³/mol. The van der Waals surface area contributed by atoms with E-state index in [1.165, 1.54) is 12.1 Å². The molecule has 2 aromatic carbocycles. The first kappa shape index (κ1) is 20.6. The Kier molecular flexibility index (Phi) is 5.71. The number of hydrogen-bond acceptors (Lipinski definition) is 2. The van der Waals surface area contributed by atoms with Crippen LogP contribution in [0.25, 0.3) is 11.1 Å². The molecule has 0 aromatic heterocycles. The maximum Gasteiger partial charge on any atom is 0.422 e. The van der Waals surface area contributed by atoms with Gasteiger partial charge in [0.15, 0.2) is 6.61 Å². The molecule has 0 unspecified atom stereocenters. The van der Waals surface area contributed by atoms with Gasteiger partial charge >= 0.3 is 6.18 Å². The Bertz CT molecular complexity index is 843. The van der Waals surface area contributed by atoms with Gasteiger partial charge < -0.3 is 9.84 Å². The van der Waals surface area contributed by atoms with E-state index < -0.39 is 18.6 Å². The molecule has 152 valence electrons. The van der Waals surface area contributed by atoms with Crippen molar-refractivity contribution >= 4 is 0 Å². The third-order valence-electron chi connectivity index (χ3n) is 5.56. The fourth-order valence-corrected chi connectivity index (χ4v) is 4.11. The molecule has 1 aliphatic rings. The molecule has 0 amide bonds. The van der Waals surface area contributed by atoms with Crippen molar-refractivity contribution in [1.82, 2.24) is 0 Å². The Morgan fingerprint density at radius 3 is 2.46 bits per heavy atom. The number of aliphatic hydroxyl groups excluding tert-OH is 1. The van der Waals surface area contributed by atoms with Crippen LogP contribution in [0.2, 0.25) is 0 Å². The average Bonchev–Trinajstić information content (AvgIpc) is 2.99. The van der Waals surface area contributed by atoms with E-state index in [9.17, 15) is 22.7 Å². The maximum absolute atomic E-state index is 14.6. The summed E-state index contributed by atoms with van der Waals surface area (Å²) in [6.07, 6.45) is -1.42. The smallest absolute Gasteiger partial charge is 0.422 e. The molecule has 1 fully saturated rings. The highest BCUT2D eigenvalue weighted by molar-refractivity contribution is 5.71. The maximum atomic E-state index is 14.6. The van der Waals surface area contributed by atoms with Crippen LogP contribution in [0, 0.1) is 11.2 Å². The Labute approximate surface area is 162 Å². The van der Waals surface area contributed by atoms with Crippen molar-refractivity contribution in [2.45, 2.75) is 51.8 Å². The van der Waals surface area contributed by atoms with Gasteiger partial charge in [0.25, 0.3) is 0 Å². The van der Waals surface area contributed by atoms with Crippen molar-refractivity contribution in [2.75, 3.05) is 6.61 Å². The van der Waals surface area contributed by atoms with Crippen molar-refractivity contribution in [2.24, 2.45) is 5.41 Å². The average molecular weight is 396 g/mol. The lowest BCUT2D eigenvalue weighted by Gasteiger charge is -2.30. The van der Waals surface area contributed by atoms with Crippen molar-refractivity contribution in [1.29, 1.82) is 0 Å². The molecule has 1 saturated carbocycles. The first-order chi connectivity index (χ1) is 13.1. The van der Waals surface area contributed by atoms with E-state index in [2.05, 4.69) is 13.8 Å². The fourth-order valence-electron chi connectivity index (χ4n) is 4.11. The quantitative estimate of drug-likeness (QED) is 0.608. The van der Waals surface area contributed by atoms with Crippen LogP contribution in [-0.4, -0.2) is 17.9 Å². The van der Waals surface area contributed by atoms with E-state index in [4.69, 9.17) is 4.74 Å². The lowest BCUT2D eigenvalue weighted by Crippen LogP contribution is -2.19. The first-order valence-electron chi connectivity index (χ1n) is 9.34. The van der Waals surface area contributed by atoms with E-state index in [1.807, 2.05) is 6.07 Å². The third kappa shape index (κ3) is 4.49. The summed E-state index contributed by atoms with van der Waals surface area (Å²) in [5.41, 5.74) is 2.50. The zero-order valence-electron chi connectivity index (χ0n) is 15.9. The van der Waals surface area contributed by atoms with Crippen LogP contribution in [-0.2, 0) is 6.61 Å². The molecule has 2 aromatic rings. The molecule has 28 heavy (non-hydrogen) atoms. The summed E-state index contributed by atoms with van der Waals surface area (Å²) >= 11 is 0. The molecular weight excluding hydrogens is 372 g/mol. The lowest BCUT2D eigenvalue weighted by molar-refractivity contribution is -0.153. The molecule has 1 atom stereocenters. The van der Waals surface area contributed by atoms with Gasteiger partial charge in [-0.3, -0.25) is 0 Å². The van der Waals surface area contributed by atoms with Crippen LogP contribution < -0.4 is 4.74 Å². The largest absolute Gasteiger partial charge is 0.484 e. The van der Waals surface area contributed by atoms with Crippen LogP contribution >= 0.6 is 0 Å². The minimum absolute atomic E-state index is 0.0176. The van der Waals surface area contributed by atoms with Crippen molar-refractivity contribution < 1.29 is 27.4 Å². The number of rotatable bonds is 5. The zero-order valence-corrected chi connectivity index (χ0v) is 15.9. The molecule has 0 aliphatic heterocycles. The molecule has 3 rings (SSSR count). The lowest BCUT2D eigenvalue weighted by atomic mass is 9.75. The van der Waals surface area contributed by atoms with Gasteiger partial charge in [-0.15, -0.1) is 0 Å². The van der Waals surface area contributed by atoms with E-state index in [0.717, 1.165) is 36.5 Å². The van der Waals surface area contributed by atoms with Crippen LogP contribution in [0.5, 0.6) is 5.75 Å². The van der Waals surface area contributed by atoms with Crippen LogP contribution in [0.1, 0.15) is 50.2 Å². The Morgan fingerprint density at radius 2 is 1.86 bits per heavy atom. The normalized spacial score (nSPS) is 19.0. The number of hydrogen-bond donors (Lipinski definition) is 1. The highest BCUT2D eigenvalue weighted by atomic mass is 19.4. The van der Waals surface area contributed by atoms with Crippen molar-refractivity contribution in [3.05, 3.63) is 53.3 Å². The minimum Gasteiger partial charge on any atom is -0.484 e. The summed E-state index contributed by atoms with van der Waals surface area (Å²) in [5.74, 6) is -0.377. The number of ether oxygens (including phenoxy) is 1. The van der Waals surface area contributed by atoms with E-state index in [1.54, 1.807) is 12.1 Å². The fraction of sp³-hybridized carbons (Fsp3) is 0.455. The van der Waals surface area contributed by atoms with Gasteiger partial charge in [-0.05, 0) is 59.1 Å². The Morgan fingerprint density at radius 1 is 1.11 bits per heavy atom. The van der Waals surface area contributed by atoms with Gasteiger partial charge in [0.2, 0.25) is 0 Å². The van der Waals surface area contributed by atoms with Crippen LogP contribution in [0.4, 0.5) is 17.6 Å². The number of alkyl halides is 3. The van der Waals surface area contributed by atoms with Gasteiger partial charge in [0.1, 0.15) is 11.6 Å². The predicted octanol–water partition coefficient (Wildman–Crippen LogP) is 6.22. The topological polar surface area (TPSA) is 29.5 Å². The van der Waals surface area contributed by atoms with Gasteiger partial charge in [-0.1, -0.05) is 38.5 Å². The van der Waals surface area contributed by atoms with Crippen molar-refractivity contribution in [3.63, 3.8) is 0 Å². The second kappa shape index (κ2) is 7.74. The highest BCUT2D eigenvalue weighted by Gasteiger charge is 2.37. The Balaban J connectivity index is 2.05. The second-order valence-corrected chi connectivity index (χ2v) is 8.06. The van der Waals surface area contributed by atoms with E-state index in [0.29, 0.717) is 5.56 Å². The molecule has 0 spiro atoms. The first-order valence-corrected chi connectivity index (χ1v) is 9.34. The standard InChI is InChI=1S/C22H24F4O2/c1-21(2)9-3-4-19(21)17-10-14(12-27)5-7-16(17)18-11-15(6-8-20(18)23)28-13-22(24,25)26/h5-8,10-11,19,27H,3-4,9,12-13H2,1-2H3/t19-/m0/s1. The summed E-state index contributed by atoms with van der Waals surface area (Å²) in [6.45, 7) is 2.78. The molecule has 1 N–H and O–H groups in total. The molecule has 0 radical (unpaired) electrons. The van der Waals surface area contributed by atoms with Crippen LogP contribution in [0.15, 0.2) is 36.4 Å². The Hall–Kier alpha value is -2.08. The van der Waals surface area contributed by atoms with Gasteiger partial charge in [0, 0.05) is 5.56 Å². The highest BCUT2D eigenvalue weighted by Crippen LogP contribution is 2.51. The number of halogens is 4. The summed E-state index contributed by atoms with van der Waals surface area (Å²) in [6, 6.07) is 8.98. The molecule has 1 aliphatic carbocycles. The van der Waals surface area contributed by atoms with Gasteiger partial charge in [-0.2, -0.15) is 13.2 Å².